The number of aryl methyl sites for hydroxylation is 2. The summed E-state index contributed by atoms with van der Waals surface area (Å²) in [4.78, 5) is 6.39. The van der Waals surface area contributed by atoms with Gasteiger partial charge in [0.25, 0.3) is 0 Å². The molecule has 0 radical (unpaired) electrons. The van der Waals surface area contributed by atoms with Crippen LogP contribution in [0.2, 0.25) is 0 Å². The zero-order chi connectivity index (χ0) is 14.2. The molecular weight excluding hydrogens is 342 g/mol. The molecule has 0 saturated carbocycles. The molecule has 0 unspecified atom stereocenters. The largest absolute Gasteiger partial charge is 0.236 e. The summed E-state index contributed by atoms with van der Waals surface area (Å²) in [6.07, 6.45) is 3.51. The molecular formula is C18H14BrNS. The molecule has 1 aliphatic rings. The van der Waals surface area contributed by atoms with Gasteiger partial charge in [0.05, 0.1) is 5.69 Å². The SMILES string of the molecule is Brc1cccc(-c2nc3c(s2)CCCc2ccccc2-3)c1. The van der Waals surface area contributed by atoms with Crippen molar-refractivity contribution >= 4 is 27.3 Å². The molecule has 0 fully saturated rings. The number of aromatic nitrogens is 1. The van der Waals surface area contributed by atoms with Crippen LogP contribution in [-0.4, -0.2) is 4.98 Å². The number of hydrogen-bond acceptors (Lipinski definition) is 2. The van der Waals surface area contributed by atoms with Gasteiger partial charge < -0.3 is 0 Å². The number of halogens is 1. The first-order valence-corrected chi connectivity index (χ1v) is 8.76. The second kappa shape index (κ2) is 5.39. The molecule has 1 aliphatic carbocycles. The average Bonchev–Trinajstić information content (AvgIpc) is 2.84. The minimum Gasteiger partial charge on any atom is -0.236 e. The van der Waals surface area contributed by atoms with Crippen molar-refractivity contribution in [3.8, 4) is 21.8 Å². The van der Waals surface area contributed by atoms with Gasteiger partial charge in [-0.2, -0.15) is 0 Å². The van der Waals surface area contributed by atoms with E-state index in [1.807, 2.05) is 11.3 Å². The highest BCUT2D eigenvalue weighted by Crippen LogP contribution is 2.38. The second-order valence-corrected chi connectivity index (χ2v) is 7.31. The van der Waals surface area contributed by atoms with E-state index in [2.05, 4.69) is 64.5 Å². The number of rotatable bonds is 1. The van der Waals surface area contributed by atoms with Gasteiger partial charge in [-0.15, -0.1) is 11.3 Å². The lowest BCUT2D eigenvalue weighted by Gasteiger charge is -2.03. The zero-order valence-electron chi connectivity index (χ0n) is 11.5. The third-order valence-corrected chi connectivity index (χ3v) is 5.55. The van der Waals surface area contributed by atoms with Crippen molar-refractivity contribution < 1.29 is 0 Å². The monoisotopic (exact) mass is 355 g/mol. The first-order valence-electron chi connectivity index (χ1n) is 7.15. The van der Waals surface area contributed by atoms with E-state index in [-0.39, 0.29) is 0 Å². The van der Waals surface area contributed by atoms with Crippen molar-refractivity contribution in [2.75, 3.05) is 0 Å². The molecule has 0 saturated heterocycles. The van der Waals surface area contributed by atoms with Gasteiger partial charge >= 0.3 is 0 Å². The van der Waals surface area contributed by atoms with E-state index in [1.165, 1.54) is 33.7 Å². The number of hydrogen-bond donors (Lipinski definition) is 0. The van der Waals surface area contributed by atoms with E-state index in [0.717, 1.165) is 22.3 Å². The van der Waals surface area contributed by atoms with E-state index in [4.69, 9.17) is 4.98 Å². The molecule has 1 nitrogen and oxygen atoms in total. The maximum atomic E-state index is 4.96. The fraction of sp³-hybridized carbons (Fsp3) is 0.167. The molecule has 1 heterocycles. The van der Waals surface area contributed by atoms with E-state index >= 15 is 0 Å². The van der Waals surface area contributed by atoms with Crippen molar-refractivity contribution in [2.24, 2.45) is 0 Å². The number of benzene rings is 2. The molecule has 0 spiro atoms. The molecule has 3 aromatic rings. The summed E-state index contributed by atoms with van der Waals surface area (Å²) in [5, 5.41) is 1.12. The predicted molar refractivity (Wildman–Crippen MR) is 92.7 cm³/mol. The normalized spacial score (nSPS) is 13.4. The van der Waals surface area contributed by atoms with Crippen LogP contribution in [-0.2, 0) is 12.8 Å². The van der Waals surface area contributed by atoms with Crippen molar-refractivity contribution in [1.82, 2.24) is 4.98 Å². The summed E-state index contributed by atoms with van der Waals surface area (Å²) in [6.45, 7) is 0. The highest BCUT2D eigenvalue weighted by molar-refractivity contribution is 9.10. The van der Waals surface area contributed by atoms with Crippen LogP contribution in [0.1, 0.15) is 16.9 Å². The Hall–Kier alpha value is -1.45. The maximum Gasteiger partial charge on any atom is 0.124 e. The average molecular weight is 356 g/mol. The van der Waals surface area contributed by atoms with E-state index in [0.29, 0.717) is 0 Å². The fourth-order valence-electron chi connectivity index (χ4n) is 2.89. The van der Waals surface area contributed by atoms with Crippen LogP contribution >= 0.6 is 27.3 Å². The molecule has 1 aromatic heterocycles. The Morgan fingerprint density at radius 2 is 1.90 bits per heavy atom. The first-order chi connectivity index (χ1) is 10.3. The van der Waals surface area contributed by atoms with Crippen molar-refractivity contribution in [3.63, 3.8) is 0 Å². The third kappa shape index (κ3) is 2.45. The summed E-state index contributed by atoms with van der Waals surface area (Å²) in [6, 6.07) is 17.1. The maximum absolute atomic E-state index is 4.96. The van der Waals surface area contributed by atoms with Gasteiger partial charge in [0.1, 0.15) is 5.01 Å². The molecule has 3 heteroatoms. The Balaban J connectivity index is 1.87. The second-order valence-electron chi connectivity index (χ2n) is 5.31. The van der Waals surface area contributed by atoms with Gasteiger partial charge in [0, 0.05) is 20.5 Å². The standard InChI is InChI=1S/C18H14BrNS/c19-14-8-3-7-13(11-14)18-20-17-15-9-2-1-5-12(15)6-4-10-16(17)21-18/h1-3,5,7-9,11H,4,6,10H2. The molecule has 21 heavy (non-hydrogen) atoms. The molecule has 0 aliphatic heterocycles. The molecule has 0 bridgehead atoms. The molecule has 4 rings (SSSR count). The summed E-state index contributed by atoms with van der Waals surface area (Å²) < 4.78 is 1.10. The highest BCUT2D eigenvalue weighted by atomic mass is 79.9. The topological polar surface area (TPSA) is 12.9 Å². The first kappa shape index (κ1) is 13.2. The number of nitrogens with zero attached hydrogens (tertiary/aromatic N) is 1. The van der Waals surface area contributed by atoms with Gasteiger partial charge in [-0.1, -0.05) is 52.3 Å². The van der Waals surface area contributed by atoms with E-state index in [1.54, 1.807) is 0 Å². The van der Waals surface area contributed by atoms with E-state index in [9.17, 15) is 0 Å². The Labute approximate surface area is 136 Å². The summed E-state index contributed by atoms with van der Waals surface area (Å²) in [5.41, 5.74) is 5.15. The highest BCUT2D eigenvalue weighted by Gasteiger charge is 2.19. The third-order valence-electron chi connectivity index (χ3n) is 3.89. The number of thiazole rings is 1. The van der Waals surface area contributed by atoms with Crippen LogP contribution in [0.15, 0.2) is 53.0 Å². The van der Waals surface area contributed by atoms with Crippen LogP contribution in [0, 0.1) is 0 Å². The fourth-order valence-corrected chi connectivity index (χ4v) is 4.40. The molecule has 0 amide bonds. The van der Waals surface area contributed by atoms with Gasteiger partial charge in [-0.25, -0.2) is 4.98 Å². The molecule has 0 N–H and O–H groups in total. The van der Waals surface area contributed by atoms with Gasteiger partial charge in [-0.3, -0.25) is 0 Å². The summed E-state index contributed by atoms with van der Waals surface area (Å²) >= 11 is 5.39. The molecule has 2 aromatic carbocycles. The van der Waals surface area contributed by atoms with Gasteiger partial charge in [-0.05, 0) is 37.0 Å². The van der Waals surface area contributed by atoms with Crippen LogP contribution in [0.3, 0.4) is 0 Å². The minimum atomic E-state index is 1.10. The number of fused-ring (bicyclic) bond motifs is 3. The lowest BCUT2D eigenvalue weighted by molar-refractivity contribution is 0.843. The van der Waals surface area contributed by atoms with Crippen molar-refractivity contribution in [3.05, 3.63) is 63.4 Å². The zero-order valence-corrected chi connectivity index (χ0v) is 13.9. The lowest BCUT2D eigenvalue weighted by atomic mass is 10.0. The summed E-state index contributed by atoms with van der Waals surface area (Å²) in [7, 11) is 0. The van der Waals surface area contributed by atoms with Crippen molar-refractivity contribution in [2.45, 2.75) is 19.3 Å². The Morgan fingerprint density at radius 3 is 2.81 bits per heavy atom. The lowest BCUT2D eigenvalue weighted by Crippen LogP contribution is -1.87. The van der Waals surface area contributed by atoms with E-state index < -0.39 is 0 Å². The van der Waals surface area contributed by atoms with Gasteiger partial charge in [0.15, 0.2) is 0 Å². The summed E-state index contributed by atoms with van der Waals surface area (Å²) in [5.74, 6) is 0. The van der Waals surface area contributed by atoms with Crippen LogP contribution in [0.25, 0.3) is 21.8 Å². The minimum absolute atomic E-state index is 1.10. The van der Waals surface area contributed by atoms with Crippen LogP contribution < -0.4 is 0 Å². The predicted octanol–water partition coefficient (Wildman–Crippen LogP) is 5.73. The quantitative estimate of drug-likeness (QED) is 0.543. The van der Waals surface area contributed by atoms with Crippen LogP contribution in [0.4, 0.5) is 0 Å². The Bertz CT molecular complexity index is 806. The Morgan fingerprint density at radius 1 is 1.00 bits per heavy atom. The molecule has 104 valence electrons. The van der Waals surface area contributed by atoms with Crippen molar-refractivity contribution in [1.29, 1.82) is 0 Å². The Kier molecular flexibility index (Phi) is 3.40. The molecule has 0 atom stereocenters. The smallest absolute Gasteiger partial charge is 0.124 e. The van der Waals surface area contributed by atoms with Gasteiger partial charge in [0.2, 0.25) is 0 Å². The van der Waals surface area contributed by atoms with Crippen LogP contribution in [0.5, 0.6) is 0 Å².